The van der Waals surface area contributed by atoms with E-state index in [1.807, 2.05) is 24.3 Å². The molecule has 2 amide bonds. The highest BCUT2D eigenvalue weighted by Crippen LogP contribution is 2.44. The van der Waals surface area contributed by atoms with E-state index in [-0.39, 0.29) is 43.6 Å². The Hall–Kier alpha value is -3.39. The number of amides is 2. The highest BCUT2D eigenvalue weighted by atomic mass is 16.5. The van der Waals surface area contributed by atoms with Gasteiger partial charge in [0.05, 0.1) is 19.3 Å². The molecule has 0 bridgehead atoms. The molecule has 2 unspecified atom stereocenters. The van der Waals surface area contributed by atoms with Gasteiger partial charge in [-0.15, -0.1) is 0 Å². The van der Waals surface area contributed by atoms with Gasteiger partial charge in [0.2, 0.25) is 5.91 Å². The van der Waals surface area contributed by atoms with E-state index < -0.39 is 24.0 Å². The summed E-state index contributed by atoms with van der Waals surface area (Å²) in [4.78, 5) is 36.5. The third-order valence-electron chi connectivity index (χ3n) is 7.49. The molecule has 0 spiro atoms. The summed E-state index contributed by atoms with van der Waals surface area (Å²) >= 11 is 0. The first-order valence-electron chi connectivity index (χ1n) is 12.2. The van der Waals surface area contributed by atoms with Crippen LogP contribution in [0.5, 0.6) is 0 Å². The van der Waals surface area contributed by atoms with Crippen LogP contribution in [0.3, 0.4) is 0 Å². The molecule has 8 heteroatoms. The largest absolute Gasteiger partial charge is 0.481 e. The second-order valence-corrected chi connectivity index (χ2v) is 9.62. The lowest BCUT2D eigenvalue weighted by Crippen LogP contribution is -2.47. The Morgan fingerprint density at radius 3 is 2.14 bits per heavy atom. The Bertz CT molecular complexity index is 1060. The van der Waals surface area contributed by atoms with E-state index in [1.54, 1.807) is 0 Å². The van der Waals surface area contributed by atoms with E-state index in [2.05, 4.69) is 34.9 Å². The maximum absolute atomic E-state index is 12.6. The van der Waals surface area contributed by atoms with Gasteiger partial charge in [0.25, 0.3) is 0 Å². The normalized spacial score (nSPS) is 25.4. The highest BCUT2D eigenvalue weighted by molar-refractivity contribution is 5.81. The third-order valence-corrected chi connectivity index (χ3v) is 7.49. The molecule has 2 atom stereocenters. The monoisotopic (exact) mass is 478 g/mol. The number of carboxylic acids is 1. The molecule has 1 saturated heterocycles. The Kier molecular flexibility index (Phi) is 6.72. The second-order valence-electron chi connectivity index (χ2n) is 9.62. The molecule has 1 aliphatic heterocycles. The molecule has 2 aliphatic carbocycles. The van der Waals surface area contributed by atoms with Crippen molar-refractivity contribution in [3.05, 3.63) is 59.7 Å². The van der Waals surface area contributed by atoms with E-state index in [1.165, 1.54) is 22.3 Å². The molecule has 1 heterocycles. The fourth-order valence-corrected chi connectivity index (χ4v) is 5.55. The SMILES string of the molecule is O=C(NC1CCC(C(=O)NC2COCC2C(=O)O)CC1)OCC1c2ccccc2-c2ccccc21. The number of hydrogen-bond donors (Lipinski definition) is 3. The molecule has 5 rings (SSSR count). The Morgan fingerprint density at radius 1 is 0.886 bits per heavy atom. The van der Waals surface area contributed by atoms with Gasteiger partial charge in [-0.25, -0.2) is 4.79 Å². The van der Waals surface area contributed by atoms with E-state index in [0.717, 1.165) is 0 Å². The summed E-state index contributed by atoms with van der Waals surface area (Å²) in [6.07, 6.45) is 2.17. The first kappa shape index (κ1) is 23.4. The van der Waals surface area contributed by atoms with Crippen molar-refractivity contribution >= 4 is 18.0 Å². The van der Waals surface area contributed by atoms with Gasteiger partial charge in [-0.05, 0) is 47.9 Å². The van der Waals surface area contributed by atoms with Crippen molar-refractivity contribution in [3.63, 3.8) is 0 Å². The van der Waals surface area contributed by atoms with Gasteiger partial charge in [-0.1, -0.05) is 48.5 Å². The number of alkyl carbamates (subject to hydrolysis) is 1. The zero-order chi connectivity index (χ0) is 24.4. The van der Waals surface area contributed by atoms with Gasteiger partial charge < -0.3 is 25.2 Å². The zero-order valence-corrected chi connectivity index (χ0v) is 19.4. The minimum absolute atomic E-state index is 0.0155. The van der Waals surface area contributed by atoms with Gasteiger partial charge in [-0.3, -0.25) is 9.59 Å². The summed E-state index contributed by atoms with van der Waals surface area (Å²) in [5.74, 6) is -1.96. The number of carboxylic acid groups (broad SMARTS) is 1. The van der Waals surface area contributed by atoms with Crippen LogP contribution in [0.15, 0.2) is 48.5 Å². The lowest BCUT2D eigenvalue weighted by molar-refractivity contribution is -0.142. The molecule has 0 aromatic heterocycles. The quantitative estimate of drug-likeness (QED) is 0.587. The van der Waals surface area contributed by atoms with Crippen LogP contribution in [0.25, 0.3) is 11.1 Å². The highest BCUT2D eigenvalue weighted by Gasteiger charge is 2.37. The summed E-state index contributed by atoms with van der Waals surface area (Å²) in [6.45, 7) is 0.615. The fraction of sp³-hybridized carbons (Fsp3) is 0.444. The second kappa shape index (κ2) is 10.1. The van der Waals surface area contributed by atoms with Crippen LogP contribution in [0.1, 0.15) is 42.7 Å². The molecular weight excluding hydrogens is 448 g/mol. The van der Waals surface area contributed by atoms with Crippen LogP contribution in [-0.4, -0.2) is 55.0 Å². The fourth-order valence-electron chi connectivity index (χ4n) is 5.55. The summed E-state index contributed by atoms with van der Waals surface area (Å²) in [5, 5.41) is 15.1. The molecule has 1 saturated carbocycles. The number of carbonyl (C=O) groups is 3. The average Bonchev–Trinajstić information content (AvgIpc) is 3.46. The Morgan fingerprint density at radius 2 is 1.51 bits per heavy atom. The lowest BCUT2D eigenvalue weighted by atomic mass is 9.85. The standard InChI is InChI=1S/C27H30N2O6/c30-25(29-24-15-34-13-23(24)26(31)32)16-9-11-17(12-10-16)28-27(33)35-14-22-20-7-3-1-5-18(20)19-6-2-4-8-21(19)22/h1-8,16-17,22-24H,9-15H2,(H,28,33)(H,29,30)(H,31,32). The van der Waals surface area contributed by atoms with Crippen LogP contribution in [0.4, 0.5) is 4.79 Å². The van der Waals surface area contributed by atoms with E-state index >= 15 is 0 Å². The van der Waals surface area contributed by atoms with Crippen molar-refractivity contribution in [3.8, 4) is 11.1 Å². The smallest absolute Gasteiger partial charge is 0.407 e. The number of aliphatic carboxylic acids is 1. The number of benzene rings is 2. The molecule has 3 N–H and O–H groups in total. The molecule has 0 radical (unpaired) electrons. The number of hydrogen-bond acceptors (Lipinski definition) is 5. The topological polar surface area (TPSA) is 114 Å². The zero-order valence-electron chi connectivity index (χ0n) is 19.4. The van der Waals surface area contributed by atoms with Gasteiger partial charge in [0, 0.05) is 17.9 Å². The Balaban J connectivity index is 1.09. The van der Waals surface area contributed by atoms with E-state index in [0.29, 0.717) is 25.7 Å². The molecule has 2 fully saturated rings. The van der Waals surface area contributed by atoms with E-state index in [4.69, 9.17) is 9.47 Å². The molecule has 3 aliphatic rings. The van der Waals surface area contributed by atoms with Crippen LogP contribution < -0.4 is 10.6 Å². The molecular formula is C27H30N2O6. The molecule has 2 aromatic rings. The van der Waals surface area contributed by atoms with Crippen molar-refractivity contribution < 1.29 is 29.0 Å². The van der Waals surface area contributed by atoms with Gasteiger partial charge in [-0.2, -0.15) is 0 Å². The predicted octanol–water partition coefficient (Wildman–Crippen LogP) is 3.30. The van der Waals surface area contributed by atoms with Crippen LogP contribution >= 0.6 is 0 Å². The van der Waals surface area contributed by atoms with Gasteiger partial charge >= 0.3 is 12.1 Å². The number of ether oxygens (including phenoxy) is 2. The molecule has 184 valence electrons. The first-order chi connectivity index (χ1) is 17.0. The van der Waals surface area contributed by atoms with Crippen molar-refractivity contribution in [2.24, 2.45) is 11.8 Å². The maximum Gasteiger partial charge on any atom is 0.407 e. The number of nitrogens with one attached hydrogen (secondary N) is 2. The molecule has 2 aromatic carbocycles. The molecule has 35 heavy (non-hydrogen) atoms. The van der Waals surface area contributed by atoms with Crippen molar-refractivity contribution in [2.45, 2.75) is 43.7 Å². The summed E-state index contributed by atoms with van der Waals surface area (Å²) < 4.78 is 10.9. The summed E-state index contributed by atoms with van der Waals surface area (Å²) in [5.41, 5.74) is 4.72. The minimum atomic E-state index is -0.955. The number of rotatable bonds is 6. The first-order valence-corrected chi connectivity index (χ1v) is 12.2. The van der Waals surface area contributed by atoms with Crippen LogP contribution in [0.2, 0.25) is 0 Å². The minimum Gasteiger partial charge on any atom is -0.481 e. The summed E-state index contributed by atoms with van der Waals surface area (Å²) in [6, 6.07) is 15.9. The van der Waals surface area contributed by atoms with Crippen LogP contribution in [-0.2, 0) is 19.1 Å². The van der Waals surface area contributed by atoms with Crippen molar-refractivity contribution in [1.29, 1.82) is 0 Å². The number of fused-ring (bicyclic) bond motifs is 3. The molecule has 8 nitrogen and oxygen atoms in total. The third kappa shape index (κ3) is 4.89. The van der Waals surface area contributed by atoms with Gasteiger partial charge in [0.15, 0.2) is 0 Å². The number of carbonyl (C=O) groups excluding carboxylic acids is 2. The average molecular weight is 479 g/mol. The van der Waals surface area contributed by atoms with E-state index in [9.17, 15) is 19.5 Å². The Labute approximate surface area is 204 Å². The van der Waals surface area contributed by atoms with Crippen molar-refractivity contribution in [1.82, 2.24) is 10.6 Å². The predicted molar refractivity (Wildman–Crippen MR) is 128 cm³/mol. The maximum atomic E-state index is 12.6. The van der Waals surface area contributed by atoms with Crippen LogP contribution in [0, 0.1) is 11.8 Å². The summed E-state index contributed by atoms with van der Waals surface area (Å²) in [7, 11) is 0. The van der Waals surface area contributed by atoms with Gasteiger partial charge in [0.1, 0.15) is 12.5 Å². The van der Waals surface area contributed by atoms with Crippen molar-refractivity contribution in [2.75, 3.05) is 19.8 Å². The lowest BCUT2D eigenvalue weighted by Gasteiger charge is -2.29.